The fraction of sp³-hybridized carbons (Fsp3) is 0. The van der Waals surface area contributed by atoms with E-state index in [1.54, 1.807) is 0 Å². The molecule has 5 nitrogen and oxygen atoms in total. The SMILES string of the molecule is N#Cc1ccc2c(c1)c1ccccc1n2-c1ccccc1-c1cccc(-c2ccc(-n3c4ccccc4c4ccccc43)c(C#N)c2)c1C#N. The molecule has 0 atom stereocenters. The van der Waals surface area contributed by atoms with Gasteiger partial charge in [0.25, 0.3) is 0 Å². The van der Waals surface area contributed by atoms with Crippen molar-refractivity contribution in [1.29, 1.82) is 15.8 Å². The maximum atomic E-state index is 10.8. The van der Waals surface area contributed by atoms with Gasteiger partial charge in [0.1, 0.15) is 12.1 Å². The van der Waals surface area contributed by atoms with E-state index in [9.17, 15) is 15.8 Å². The molecule has 0 aliphatic carbocycles. The van der Waals surface area contributed by atoms with Gasteiger partial charge in [-0.05, 0) is 60.2 Å². The summed E-state index contributed by atoms with van der Waals surface area (Å²) >= 11 is 0. The van der Waals surface area contributed by atoms with E-state index in [-0.39, 0.29) is 0 Å². The molecule has 9 rings (SSSR count). The Morgan fingerprint density at radius 2 is 0.940 bits per heavy atom. The van der Waals surface area contributed by atoms with Crippen LogP contribution in [-0.4, -0.2) is 9.13 Å². The van der Waals surface area contributed by atoms with E-state index in [1.807, 2.05) is 109 Å². The highest BCUT2D eigenvalue weighted by molar-refractivity contribution is 6.11. The largest absolute Gasteiger partial charge is 0.309 e. The summed E-state index contributed by atoms with van der Waals surface area (Å²) in [5.74, 6) is 0. The van der Waals surface area contributed by atoms with Crippen LogP contribution in [0.3, 0.4) is 0 Å². The summed E-state index contributed by atoms with van der Waals surface area (Å²) in [5, 5.41) is 35.2. The zero-order chi connectivity index (χ0) is 33.8. The Kier molecular flexibility index (Phi) is 6.56. The summed E-state index contributed by atoms with van der Waals surface area (Å²) in [6, 6.07) is 57.6. The molecule has 0 radical (unpaired) electrons. The fourth-order valence-electron chi connectivity index (χ4n) is 7.51. The van der Waals surface area contributed by atoms with Gasteiger partial charge in [0.05, 0.1) is 56.2 Å². The van der Waals surface area contributed by atoms with Gasteiger partial charge in [0.2, 0.25) is 0 Å². The van der Waals surface area contributed by atoms with E-state index in [4.69, 9.17) is 0 Å². The van der Waals surface area contributed by atoms with Crippen molar-refractivity contribution in [2.75, 3.05) is 0 Å². The molecule has 0 spiro atoms. The van der Waals surface area contributed by atoms with Gasteiger partial charge in [-0.25, -0.2) is 0 Å². The Bertz CT molecular complexity index is 2920. The number of nitrogens with zero attached hydrogens (tertiary/aromatic N) is 5. The monoisotopic (exact) mass is 635 g/mol. The molecular formula is C45H25N5. The molecule has 0 bridgehead atoms. The molecule has 0 aliphatic heterocycles. The summed E-state index contributed by atoms with van der Waals surface area (Å²) in [7, 11) is 0. The van der Waals surface area contributed by atoms with E-state index in [0.29, 0.717) is 16.7 Å². The second kappa shape index (κ2) is 11.4. The normalized spacial score (nSPS) is 11.1. The third kappa shape index (κ3) is 4.24. The van der Waals surface area contributed by atoms with Crippen molar-refractivity contribution in [3.63, 3.8) is 0 Å². The molecule has 0 aliphatic rings. The van der Waals surface area contributed by atoms with Crippen LogP contribution in [0.5, 0.6) is 0 Å². The van der Waals surface area contributed by atoms with Gasteiger partial charge in [0.15, 0.2) is 0 Å². The molecule has 2 heterocycles. The van der Waals surface area contributed by atoms with Crippen LogP contribution in [0, 0.1) is 34.0 Å². The highest BCUT2D eigenvalue weighted by Crippen LogP contribution is 2.40. The van der Waals surface area contributed by atoms with Crippen molar-refractivity contribution in [2.45, 2.75) is 0 Å². The lowest BCUT2D eigenvalue weighted by atomic mass is 9.91. The Morgan fingerprint density at radius 3 is 1.60 bits per heavy atom. The first-order valence-corrected chi connectivity index (χ1v) is 16.3. The minimum atomic E-state index is 0.519. The molecule has 0 amide bonds. The van der Waals surface area contributed by atoms with Crippen LogP contribution in [0.4, 0.5) is 0 Å². The minimum absolute atomic E-state index is 0.519. The minimum Gasteiger partial charge on any atom is -0.309 e. The molecule has 230 valence electrons. The molecule has 0 unspecified atom stereocenters. The van der Waals surface area contributed by atoms with Gasteiger partial charge in [-0.2, -0.15) is 15.8 Å². The summed E-state index contributed by atoms with van der Waals surface area (Å²) in [6.07, 6.45) is 0. The van der Waals surface area contributed by atoms with Crippen molar-refractivity contribution in [3.05, 3.63) is 168 Å². The molecule has 50 heavy (non-hydrogen) atoms. The van der Waals surface area contributed by atoms with Gasteiger partial charge in [0, 0.05) is 38.2 Å². The Balaban J connectivity index is 1.23. The highest BCUT2D eigenvalue weighted by atomic mass is 15.0. The van der Waals surface area contributed by atoms with E-state index < -0.39 is 0 Å². The number of hydrogen-bond acceptors (Lipinski definition) is 3. The maximum Gasteiger partial charge on any atom is 0.101 e. The number of nitriles is 3. The fourth-order valence-corrected chi connectivity index (χ4v) is 7.51. The number of aromatic nitrogens is 2. The summed E-state index contributed by atoms with van der Waals surface area (Å²) in [6.45, 7) is 0. The van der Waals surface area contributed by atoms with Crippen LogP contribution in [0.2, 0.25) is 0 Å². The first kappa shape index (κ1) is 28.8. The van der Waals surface area contributed by atoms with Crippen LogP contribution in [0.25, 0.3) is 77.2 Å². The van der Waals surface area contributed by atoms with Crippen LogP contribution in [0.15, 0.2) is 152 Å². The molecular weight excluding hydrogens is 611 g/mol. The average molecular weight is 636 g/mol. The van der Waals surface area contributed by atoms with Crippen molar-refractivity contribution in [2.24, 2.45) is 0 Å². The first-order valence-electron chi connectivity index (χ1n) is 16.3. The lowest BCUT2D eigenvalue weighted by molar-refractivity contribution is 1.17. The topological polar surface area (TPSA) is 81.2 Å². The van der Waals surface area contributed by atoms with Gasteiger partial charge in [-0.1, -0.05) is 97.1 Å². The van der Waals surface area contributed by atoms with Gasteiger partial charge in [-0.15, -0.1) is 0 Å². The highest BCUT2D eigenvalue weighted by Gasteiger charge is 2.20. The predicted octanol–water partition coefficient (Wildman–Crippen LogP) is 10.8. The maximum absolute atomic E-state index is 10.8. The zero-order valence-electron chi connectivity index (χ0n) is 26.7. The summed E-state index contributed by atoms with van der Waals surface area (Å²) in [4.78, 5) is 0. The quantitative estimate of drug-likeness (QED) is 0.193. The molecule has 7 aromatic carbocycles. The molecule has 0 N–H and O–H groups in total. The molecule has 9 aromatic rings. The third-order valence-corrected chi connectivity index (χ3v) is 9.66. The lowest BCUT2D eigenvalue weighted by Gasteiger charge is -2.17. The zero-order valence-corrected chi connectivity index (χ0v) is 26.7. The van der Waals surface area contributed by atoms with E-state index in [2.05, 4.69) is 69.8 Å². The molecule has 0 saturated carbocycles. The molecule has 0 saturated heterocycles. The van der Waals surface area contributed by atoms with Crippen molar-refractivity contribution >= 4 is 43.6 Å². The standard InChI is InChI=1S/C45H25N5/c46-26-29-20-22-45-38(24-29)37-13-4-8-19-44(37)50(45)41-16-5-1-10-34(41)33-15-9-14-32(39(33)28-48)30-21-23-40(31(25-30)27-47)49-42-17-6-2-11-35(42)36-12-3-7-18-43(36)49/h1-25H. The van der Waals surface area contributed by atoms with Crippen LogP contribution in [-0.2, 0) is 0 Å². The second-order valence-corrected chi connectivity index (χ2v) is 12.3. The van der Waals surface area contributed by atoms with E-state index in [0.717, 1.165) is 77.2 Å². The molecule has 0 fully saturated rings. The average Bonchev–Trinajstić information content (AvgIpc) is 3.69. The Hall–Kier alpha value is -7.39. The van der Waals surface area contributed by atoms with Crippen LogP contribution < -0.4 is 0 Å². The first-order chi connectivity index (χ1) is 24.7. The van der Waals surface area contributed by atoms with Crippen LogP contribution in [0.1, 0.15) is 16.7 Å². The number of fused-ring (bicyclic) bond motifs is 6. The molecule has 5 heteroatoms. The number of rotatable bonds is 4. The Morgan fingerprint density at radius 1 is 0.380 bits per heavy atom. The number of para-hydroxylation sites is 4. The Labute approximate surface area is 287 Å². The summed E-state index contributed by atoms with van der Waals surface area (Å²) < 4.78 is 4.36. The number of benzene rings is 7. The van der Waals surface area contributed by atoms with Crippen molar-refractivity contribution in [1.82, 2.24) is 9.13 Å². The van der Waals surface area contributed by atoms with Crippen molar-refractivity contribution in [3.8, 4) is 51.8 Å². The van der Waals surface area contributed by atoms with Crippen LogP contribution >= 0.6 is 0 Å². The smallest absolute Gasteiger partial charge is 0.101 e. The van der Waals surface area contributed by atoms with E-state index >= 15 is 0 Å². The third-order valence-electron chi connectivity index (χ3n) is 9.66. The second-order valence-electron chi connectivity index (χ2n) is 12.3. The van der Waals surface area contributed by atoms with Gasteiger partial charge >= 0.3 is 0 Å². The predicted molar refractivity (Wildman–Crippen MR) is 200 cm³/mol. The van der Waals surface area contributed by atoms with Gasteiger partial charge in [-0.3, -0.25) is 0 Å². The summed E-state index contributed by atoms with van der Waals surface area (Å²) in [5.41, 5.74) is 10.7. The van der Waals surface area contributed by atoms with E-state index in [1.165, 1.54) is 0 Å². The van der Waals surface area contributed by atoms with Gasteiger partial charge < -0.3 is 9.13 Å². The van der Waals surface area contributed by atoms with Crippen molar-refractivity contribution < 1.29 is 0 Å². The molecule has 2 aromatic heterocycles. The lowest BCUT2D eigenvalue weighted by Crippen LogP contribution is -2.00. The number of hydrogen-bond donors (Lipinski definition) is 0.